The fraction of sp³-hybridized carbons (Fsp3) is 0.500. The third-order valence-electron chi connectivity index (χ3n) is 3.61. The van der Waals surface area contributed by atoms with Crippen LogP contribution in [0.2, 0.25) is 0 Å². The standard InChI is InChI=1S/C16H20O4/c1-19-16(18)14-10-6-5-7-12(14)11-15(17)20-13-8-3-2-4-9-13/h5-7,10,13H,2-4,8-9,11H2,1H3. The zero-order valence-corrected chi connectivity index (χ0v) is 11.8. The van der Waals surface area contributed by atoms with Crippen molar-refractivity contribution in [2.45, 2.75) is 44.6 Å². The first-order valence-electron chi connectivity index (χ1n) is 7.06. The van der Waals surface area contributed by atoms with E-state index in [9.17, 15) is 9.59 Å². The summed E-state index contributed by atoms with van der Waals surface area (Å²) in [6, 6.07) is 6.97. The number of methoxy groups -OCH3 is 1. The molecule has 1 saturated carbocycles. The van der Waals surface area contributed by atoms with Crippen molar-refractivity contribution in [1.82, 2.24) is 0 Å². The smallest absolute Gasteiger partial charge is 0.338 e. The lowest BCUT2D eigenvalue weighted by molar-refractivity contribution is -0.149. The minimum atomic E-state index is -0.425. The largest absolute Gasteiger partial charge is 0.465 e. The molecule has 4 nitrogen and oxygen atoms in total. The number of carbonyl (C=O) groups excluding carboxylic acids is 2. The summed E-state index contributed by atoms with van der Waals surface area (Å²) < 4.78 is 10.2. The van der Waals surface area contributed by atoms with Gasteiger partial charge >= 0.3 is 11.9 Å². The van der Waals surface area contributed by atoms with E-state index in [0.717, 1.165) is 25.7 Å². The molecule has 0 radical (unpaired) electrons. The highest BCUT2D eigenvalue weighted by Gasteiger charge is 2.19. The topological polar surface area (TPSA) is 52.6 Å². The predicted molar refractivity (Wildman–Crippen MR) is 74.5 cm³/mol. The summed E-state index contributed by atoms with van der Waals surface area (Å²) in [6.45, 7) is 0. The van der Waals surface area contributed by atoms with Crippen LogP contribution in [0.5, 0.6) is 0 Å². The van der Waals surface area contributed by atoms with E-state index in [-0.39, 0.29) is 18.5 Å². The van der Waals surface area contributed by atoms with Crippen molar-refractivity contribution in [3.05, 3.63) is 35.4 Å². The van der Waals surface area contributed by atoms with Gasteiger partial charge in [0.25, 0.3) is 0 Å². The van der Waals surface area contributed by atoms with Crippen LogP contribution in [0.4, 0.5) is 0 Å². The molecule has 0 aliphatic heterocycles. The van der Waals surface area contributed by atoms with Gasteiger partial charge in [-0.25, -0.2) is 4.79 Å². The third kappa shape index (κ3) is 3.83. The van der Waals surface area contributed by atoms with Gasteiger partial charge in [-0.2, -0.15) is 0 Å². The van der Waals surface area contributed by atoms with Gasteiger partial charge in [0, 0.05) is 0 Å². The average Bonchev–Trinajstić information content (AvgIpc) is 2.48. The third-order valence-corrected chi connectivity index (χ3v) is 3.61. The van der Waals surface area contributed by atoms with Gasteiger partial charge in [0.15, 0.2) is 0 Å². The number of carbonyl (C=O) groups is 2. The molecule has 4 heteroatoms. The average molecular weight is 276 g/mol. The molecule has 1 aliphatic carbocycles. The summed E-state index contributed by atoms with van der Waals surface area (Å²) in [7, 11) is 1.33. The zero-order chi connectivity index (χ0) is 14.4. The predicted octanol–water partition coefficient (Wildman–Crippen LogP) is 2.89. The van der Waals surface area contributed by atoms with Crippen molar-refractivity contribution < 1.29 is 19.1 Å². The Balaban J connectivity index is 1.98. The van der Waals surface area contributed by atoms with E-state index in [4.69, 9.17) is 9.47 Å². The minimum Gasteiger partial charge on any atom is -0.465 e. The first-order chi connectivity index (χ1) is 9.70. The van der Waals surface area contributed by atoms with Crippen LogP contribution in [0.25, 0.3) is 0 Å². The number of benzene rings is 1. The Hall–Kier alpha value is -1.84. The number of rotatable bonds is 4. The van der Waals surface area contributed by atoms with Gasteiger partial charge in [-0.15, -0.1) is 0 Å². The van der Waals surface area contributed by atoms with E-state index < -0.39 is 5.97 Å². The van der Waals surface area contributed by atoms with E-state index in [2.05, 4.69) is 0 Å². The fourth-order valence-corrected chi connectivity index (χ4v) is 2.55. The molecule has 0 atom stereocenters. The highest BCUT2D eigenvalue weighted by molar-refractivity contribution is 5.92. The Kier molecular flexibility index (Phi) is 5.16. The Labute approximate surface area is 119 Å². The van der Waals surface area contributed by atoms with E-state index in [1.807, 2.05) is 0 Å². The summed E-state index contributed by atoms with van der Waals surface area (Å²) >= 11 is 0. The van der Waals surface area contributed by atoms with Crippen LogP contribution >= 0.6 is 0 Å². The molecule has 0 amide bonds. The fourth-order valence-electron chi connectivity index (χ4n) is 2.55. The van der Waals surface area contributed by atoms with Crippen molar-refractivity contribution in [2.75, 3.05) is 7.11 Å². The first-order valence-corrected chi connectivity index (χ1v) is 7.06. The lowest BCUT2D eigenvalue weighted by atomic mass is 9.97. The van der Waals surface area contributed by atoms with Crippen LogP contribution < -0.4 is 0 Å². The highest BCUT2D eigenvalue weighted by Crippen LogP contribution is 2.21. The summed E-state index contributed by atoms with van der Waals surface area (Å²) in [4.78, 5) is 23.6. The quantitative estimate of drug-likeness (QED) is 0.793. The Bertz CT molecular complexity index is 475. The molecule has 0 bridgehead atoms. The van der Waals surface area contributed by atoms with E-state index >= 15 is 0 Å². The summed E-state index contributed by atoms with van der Waals surface area (Å²) in [5.74, 6) is -0.695. The molecule has 108 valence electrons. The molecule has 0 saturated heterocycles. The van der Waals surface area contributed by atoms with Crippen LogP contribution in [0.15, 0.2) is 24.3 Å². The van der Waals surface area contributed by atoms with Crippen molar-refractivity contribution in [3.8, 4) is 0 Å². The van der Waals surface area contributed by atoms with Crippen molar-refractivity contribution in [1.29, 1.82) is 0 Å². The lowest BCUT2D eigenvalue weighted by Crippen LogP contribution is -2.22. The second-order valence-electron chi connectivity index (χ2n) is 5.08. The molecule has 1 aromatic carbocycles. The molecule has 1 fully saturated rings. The monoisotopic (exact) mass is 276 g/mol. The van der Waals surface area contributed by atoms with E-state index in [0.29, 0.717) is 11.1 Å². The number of hydrogen-bond acceptors (Lipinski definition) is 4. The van der Waals surface area contributed by atoms with Crippen LogP contribution in [0, 0.1) is 0 Å². The Morgan fingerprint density at radius 2 is 1.85 bits per heavy atom. The van der Waals surface area contributed by atoms with Crippen molar-refractivity contribution >= 4 is 11.9 Å². The molecule has 2 rings (SSSR count). The van der Waals surface area contributed by atoms with Crippen LogP contribution in [-0.2, 0) is 20.7 Å². The van der Waals surface area contributed by atoms with Gasteiger partial charge in [0.2, 0.25) is 0 Å². The molecule has 0 heterocycles. The second kappa shape index (κ2) is 7.08. The summed E-state index contributed by atoms with van der Waals surface area (Å²) in [6.07, 6.45) is 5.52. The molecule has 1 aromatic rings. The zero-order valence-electron chi connectivity index (χ0n) is 11.8. The SMILES string of the molecule is COC(=O)c1ccccc1CC(=O)OC1CCCCC1. The number of hydrogen-bond donors (Lipinski definition) is 0. The molecule has 20 heavy (non-hydrogen) atoms. The maximum Gasteiger partial charge on any atom is 0.338 e. The molecule has 1 aliphatic rings. The normalized spacial score (nSPS) is 15.7. The van der Waals surface area contributed by atoms with Crippen LogP contribution in [0.1, 0.15) is 48.0 Å². The van der Waals surface area contributed by atoms with Gasteiger partial charge in [0.1, 0.15) is 6.10 Å². The summed E-state index contributed by atoms with van der Waals surface area (Å²) in [5, 5.41) is 0. The van der Waals surface area contributed by atoms with E-state index in [1.54, 1.807) is 24.3 Å². The highest BCUT2D eigenvalue weighted by atomic mass is 16.5. The maximum atomic E-state index is 12.0. The molecule has 0 N–H and O–H groups in total. The summed E-state index contributed by atoms with van der Waals surface area (Å²) in [5.41, 5.74) is 1.08. The lowest BCUT2D eigenvalue weighted by Gasteiger charge is -2.22. The van der Waals surface area contributed by atoms with E-state index in [1.165, 1.54) is 13.5 Å². The number of esters is 2. The molecular weight excluding hydrogens is 256 g/mol. The first kappa shape index (κ1) is 14.6. The van der Waals surface area contributed by atoms with Gasteiger partial charge < -0.3 is 9.47 Å². The second-order valence-corrected chi connectivity index (χ2v) is 5.08. The number of ether oxygens (including phenoxy) is 2. The van der Waals surface area contributed by atoms with Crippen molar-refractivity contribution in [3.63, 3.8) is 0 Å². The molecular formula is C16H20O4. The Morgan fingerprint density at radius 1 is 1.15 bits per heavy atom. The van der Waals surface area contributed by atoms with Gasteiger partial charge in [-0.3, -0.25) is 4.79 Å². The molecule has 0 spiro atoms. The van der Waals surface area contributed by atoms with Crippen LogP contribution in [0.3, 0.4) is 0 Å². The van der Waals surface area contributed by atoms with Crippen LogP contribution in [-0.4, -0.2) is 25.2 Å². The Morgan fingerprint density at radius 3 is 2.55 bits per heavy atom. The van der Waals surface area contributed by atoms with Crippen molar-refractivity contribution in [2.24, 2.45) is 0 Å². The van der Waals surface area contributed by atoms with Gasteiger partial charge in [-0.1, -0.05) is 24.6 Å². The molecule has 0 unspecified atom stereocenters. The van der Waals surface area contributed by atoms with Gasteiger partial charge in [-0.05, 0) is 37.3 Å². The minimum absolute atomic E-state index is 0.0431. The molecule has 0 aromatic heterocycles. The van der Waals surface area contributed by atoms with Gasteiger partial charge in [0.05, 0.1) is 19.1 Å². The maximum absolute atomic E-state index is 12.0.